The van der Waals surface area contributed by atoms with E-state index >= 15 is 0 Å². The Morgan fingerprint density at radius 1 is 1.44 bits per heavy atom. The maximum atomic E-state index is 12.0. The summed E-state index contributed by atoms with van der Waals surface area (Å²) < 4.78 is 5.42. The minimum absolute atomic E-state index is 0.152. The molecule has 0 aliphatic carbocycles. The van der Waals surface area contributed by atoms with Crippen LogP contribution >= 0.6 is 0 Å². The van der Waals surface area contributed by atoms with Gasteiger partial charge in [-0.15, -0.1) is 0 Å². The van der Waals surface area contributed by atoms with Crippen LogP contribution in [-0.2, 0) is 11.2 Å². The van der Waals surface area contributed by atoms with Crippen LogP contribution in [0.2, 0.25) is 0 Å². The van der Waals surface area contributed by atoms with Crippen molar-refractivity contribution in [3.05, 3.63) is 23.8 Å². The summed E-state index contributed by atoms with van der Waals surface area (Å²) in [6.45, 7) is 6.57. The molecule has 18 heavy (non-hydrogen) atoms. The zero-order valence-electron chi connectivity index (χ0n) is 11.1. The highest BCUT2D eigenvalue weighted by atomic mass is 16.5. The highest BCUT2D eigenvalue weighted by Gasteiger charge is 2.27. The molecule has 1 aromatic carbocycles. The van der Waals surface area contributed by atoms with Gasteiger partial charge in [0.25, 0.3) is 0 Å². The summed E-state index contributed by atoms with van der Waals surface area (Å²) in [5.41, 5.74) is 7.59. The van der Waals surface area contributed by atoms with Gasteiger partial charge in [0.2, 0.25) is 5.91 Å². The van der Waals surface area contributed by atoms with Crippen molar-refractivity contribution in [1.29, 1.82) is 0 Å². The van der Waals surface area contributed by atoms with Crippen LogP contribution < -0.4 is 15.8 Å². The monoisotopic (exact) mass is 248 g/mol. The van der Waals surface area contributed by atoms with Gasteiger partial charge in [-0.1, -0.05) is 20.8 Å². The first-order valence-electron chi connectivity index (χ1n) is 6.20. The van der Waals surface area contributed by atoms with E-state index in [1.165, 1.54) is 0 Å². The molecule has 1 unspecified atom stereocenters. The normalized spacial score (nSPS) is 15.8. The molecular weight excluding hydrogens is 228 g/mol. The minimum Gasteiger partial charge on any atom is -0.493 e. The van der Waals surface area contributed by atoms with Crippen LogP contribution in [0.3, 0.4) is 0 Å². The van der Waals surface area contributed by atoms with E-state index in [9.17, 15) is 4.79 Å². The predicted octanol–water partition coefficient (Wildman–Crippen LogP) is 1.93. The number of hydrogen-bond acceptors (Lipinski definition) is 3. The molecule has 0 aromatic heterocycles. The van der Waals surface area contributed by atoms with Gasteiger partial charge in [0.1, 0.15) is 5.75 Å². The van der Waals surface area contributed by atoms with Crippen molar-refractivity contribution in [2.45, 2.75) is 33.2 Å². The number of carbonyl (C=O) groups excluding carboxylic acids is 1. The molecule has 0 saturated heterocycles. The van der Waals surface area contributed by atoms with Crippen molar-refractivity contribution >= 4 is 11.6 Å². The smallest absolute Gasteiger partial charge is 0.241 e. The number of nitrogens with one attached hydrogen (secondary N) is 1. The SMILES string of the molecule is CC(C)(C)C(N)C(=O)Nc1ccc2c(c1)CCO2. The number of carbonyl (C=O) groups is 1. The van der Waals surface area contributed by atoms with Gasteiger partial charge in [0.15, 0.2) is 0 Å². The minimum atomic E-state index is -0.526. The number of rotatable bonds is 2. The van der Waals surface area contributed by atoms with E-state index in [-0.39, 0.29) is 11.3 Å². The zero-order valence-corrected chi connectivity index (χ0v) is 11.1. The average molecular weight is 248 g/mol. The van der Waals surface area contributed by atoms with E-state index in [0.717, 1.165) is 23.4 Å². The number of nitrogens with two attached hydrogens (primary N) is 1. The van der Waals surface area contributed by atoms with Crippen LogP contribution in [0.1, 0.15) is 26.3 Å². The lowest BCUT2D eigenvalue weighted by atomic mass is 9.87. The fourth-order valence-corrected chi connectivity index (χ4v) is 1.88. The van der Waals surface area contributed by atoms with E-state index in [1.54, 1.807) is 0 Å². The molecule has 4 heteroatoms. The van der Waals surface area contributed by atoms with E-state index in [0.29, 0.717) is 6.61 Å². The molecule has 2 rings (SSSR count). The number of hydrogen-bond donors (Lipinski definition) is 2. The van der Waals surface area contributed by atoms with Crippen LogP contribution in [0.5, 0.6) is 5.75 Å². The Labute approximate surface area is 108 Å². The first kappa shape index (κ1) is 12.9. The molecule has 1 aliphatic heterocycles. The van der Waals surface area contributed by atoms with Gasteiger partial charge in [0, 0.05) is 12.1 Å². The Morgan fingerprint density at radius 2 is 2.17 bits per heavy atom. The van der Waals surface area contributed by atoms with Crippen LogP contribution in [0.25, 0.3) is 0 Å². The summed E-state index contributed by atoms with van der Waals surface area (Å²) >= 11 is 0. The molecule has 0 saturated carbocycles. The molecule has 0 radical (unpaired) electrons. The van der Waals surface area contributed by atoms with Crippen molar-refractivity contribution < 1.29 is 9.53 Å². The van der Waals surface area contributed by atoms with Crippen molar-refractivity contribution in [3.8, 4) is 5.75 Å². The molecule has 4 nitrogen and oxygen atoms in total. The third-order valence-corrected chi connectivity index (χ3v) is 3.17. The van der Waals surface area contributed by atoms with Gasteiger partial charge in [0.05, 0.1) is 12.6 Å². The van der Waals surface area contributed by atoms with Gasteiger partial charge >= 0.3 is 0 Å². The largest absolute Gasteiger partial charge is 0.493 e. The zero-order chi connectivity index (χ0) is 13.3. The average Bonchev–Trinajstić information content (AvgIpc) is 2.73. The Balaban J connectivity index is 2.08. The topological polar surface area (TPSA) is 64.4 Å². The standard InChI is InChI=1S/C14H20N2O2/c1-14(2,3)12(15)13(17)16-10-4-5-11-9(8-10)6-7-18-11/h4-5,8,12H,6-7,15H2,1-3H3,(H,16,17). The molecule has 1 amide bonds. The number of anilines is 1. The number of amides is 1. The molecular formula is C14H20N2O2. The second-order valence-corrected chi connectivity index (χ2v) is 5.75. The Morgan fingerprint density at radius 3 is 2.83 bits per heavy atom. The van der Waals surface area contributed by atoms with Crippen molar-refractivity contribution in [1.82, 2.24) is 0 Å². The maximum Gasteiger partial charge on any atom is 0.241 e. The Kier molecular flexibility index (Phi) is 3.30. The van der Waals surface area contributed by atoms with E-state index in [4.69, 9.17) is 10.5 Å². The summed E-state index contributed by atoms with van der Waals surface area (Å²) in [6.07, 6.45) is 0.893. The molecule has 98 valence electrons. The summed E-state index contributed by atoms with van der Waals surface area (Å²) in [5.74, 6) is 0.759. The maximum absolute atomic E-state index is 12.0. The summed E-state index contributed by atoms with van der Waals surface area (Å²) in [7, 11) is 0. The molecule has 0 bridgehead atoms. The van der Waals surface area contributed by atoms with Gasteiger partial charge in [-0.3, -0.25) is 4.79 Å². The van der Waals surface area contributed by atoms with E-state index in [1.807, 2.05) is 39.0 Å². The number of benzene rings is 1. The summed E-state index contributed by atoms with van der Waals surface area (Å²) in [4.78, 5) is 12.0. The molecule has 1 atom stereocenters. The highest BCUT2D eigenvalue weighted by Crippen LogP contribution is 2.28. The number of ether oxygens (including phenoxy) is 1. The van der Waals surface area contributed by atoms with Gasteiger partial charge in [-0.2, -0.15) is 0 Å². The predicted molar refractivity (Wildman–Crippen MR) is 71.7 cm³/mol. The lowest BCUT2D eigenvalue weighted by molar-refractivity contribution is -0.119. The van der Waals surface area contributed by atoms with Crippen LogP contribution in [0.15, 0.2) is 18.2 Å². The van der Waals surface area contributed by atoms with Crippen molar-refractivity contribution in [3.63, 3.8) is 0 Å². The molecule has 1 aromatic rings. The second kappa shape index (κ2) is 4.61. The summed E-state index contributed by atoms with van der Waals surface area (Å²) in [5, 5.41) is 2.86. The van der Waals surface area contributed by atoms with Crippen LogP contribution in [-0.4, -0.2) is 18.6 Å². The van der Waals surface area contributed by atoms with Crippen LogP contribution in [0, 0.1) is 5.41 Å². The molecule has 0 fully saturated rings. The molecule has 1 aliphatic rings. The Hall–Kier alpha value is -1.55. The van der Waals surface area contributed by atoms with Gasteiger partial charge < -0.3 is 15.8 Å². The Bertz CT molecular complexity index is 463. The third-order valence-electron chi connectivity index (χ3n) is 3.17. The summed E-state index contributed by atoms with van der Waals surface area (Å²) in [6, 6.07) is 5.16. The fourth-order valence-electron chi connectivity index (χ4n) is 1.88. The first-order chi connectivity index (χ1) is 8.38. The third kappa shape index (κ3) is 2.64. The molecule has 3 N–H and O–H groups in total. The second-order valence-electron chi connectivity index (χ2n) is 5.75. The lowest BCUT2D eigenvalue weighted by Gasteiger charge is -2.25. The van der Waals surface area contributed by atoms with E-state index in [2.05, 4.69) is 5.32 Å². The van der Waals surface area contributed by atoms with Crippen molar-refractivity contribution in [2.24, 2.45) is 11.1 Å². The molecule has 0 spiro atoms. The van der Waals surface area contributed by atoms with Crippen molar-refractivity contribution in [2.75, 3.05) is 11.9 Å². The van der Waals surface area contributed by atoms with Gasteiger partial charge in [-0.05, 0) is 29.2 Å². The fraction of sp³-hybridized carbons (Fsp3) is 0.500. The molecule has 1 heterocycles. The quantitative estimate of drug-likeness (QED) is 0.840. The number of fused-ring (bicyclic) bond motifs is 1. The lowest BCUT2D eigenvalue weighted by Crippen LogP contribution is -2.45. The van der Waals surface area contributed by atoms with Gasteiger partial charge in [-0.25, -0.2) is 0 Å². The van der Waals surface area contributed by atoms with Crippen LogP contribution in [0.4, 0.5) is 5.69 Å². The highest BCUT2D eigenvalue weighted by molar-refractivity contribution is 5.95. The van der Waals surface area contributed by atoms with E-state index < -0.39 is 6.04 Å². The first-order valence-corrected chi connectivity index (χ1v) is 6.20.